The summed E-state index contributed by atoms with van der Waals surface area (Å²) < 4.78 is 10.8. The zero-order valence-corrected chi connectivity index (χ0v) is 13.0. The van der Waals surface area contributed by atoms with Gasteiger partial charge in [-0.25, -0.2) is 0 Å². The first kappa shape index (κ1) is 15.6. The fourth-order valence-corrected chi connectivity index (χ4v) is 2.18. The Balaban J connectivity index is 1.67. The Labute approximate surface area is 130 Å². The molecule has 0 fully saturated rings. The summed E-state index contributed by atoms with van der Waals surface area (Å²) in [6, 6.07) is 12.0. The number of benzene rings is 1. The molecule has 1 aromatic carbocycles. The average Bonchev–Trinajstić information content (AvgIpc) is 2.55. The summed E-state index contributed by atoms with van der Waals surface area (Å²) in [4.78, 5) is 4.13. The van der Waals surface area contributed by atoms with Crippen molar-refractivity contribution >= 4 is 11.6 Å². The molecule has 0 amide bonds. The summed E-state index contributed by atoms with van der Waals surface area (Å²) in [5.41, 5.74) is 2.16. The van der Waals surface area contributed by atoms with Crippen molar-refractivity contribution in [2.45, 2.75) is 25.1 Å². The standard InChI is InChI=1S/C17H20ClNO2/c1-20-16-7-5-14(6-8-16)4-2-3-11-21-17-9-10-19-15(12-17)13-18/h5-10,12H,2-4,11,13H2,1H3. The highest BCUT2D eigenvalue weighted by Crippen LogP contribution is 2.15. The summed E-state index contributed by atoms with van der Waals surface area (Å²) >= 11 is 5.75. The maximum Gasteiger partial charge on any atom is 0.122 e. The van der Waals surface area contributed by atoms with E-state index >= 15 is 0 Å². The second-order valence-corrected chi connectivity index (χ2v) is 5.04. The zero-order valence-electron chi connectivity index (χ0n) is 12.2. The van der Waals surface area contributed by atoms with Crippen LogP contribution >= 0.6 is 11.6 Å². The first-order valence-corrected chi connectivity index (χ1v) is 7.62. The Hall–Kier alpha value is -1.74. The molecule has 0 aliphatic rings. The van der Waals surface area contributed by atoms with Gasteiger partial charge in [0.15, 0.2) is 0 Å². The predicted molar refractivity (Wildman–Crippen MR) is 85.2 cm³/mol. The molecule has 0 unspecified atom stereocenters. The number of aryl methyl sites for hydroxylation is 1. The van der Waals surface area contributed by atoms with Crippen LogP contribution in [0.2, 0.25) is 0 Å². The Morgan fingerprint density at radius 1 is 1.05 bits per heavy atom. The van der Waals surface area contributed by atoms with E-state index in [0.717, 1.165) is 36.5 Å². The molecule has 112 valence electrons. The molecule has 21 heavy (non-hydrogen) atoms. The van der Waals surface area contributed by atoms with Gasteiger partial charge in [0, 0.05) is 12.3 Å². The molecule has 1 aromatic heterocycles. The highest BCUT2D eigenvalue weighted by atomic mass is 35.5. The summed E-state index contributed by atoms with van der Waals surface area (Å²) in [6.45, 7) is 0.710. The molecular formula is C17H20ClNO2. The molecule has 0 bridgehead atoms. The second kappa shape index (κ2) is 8.53. The van der Waals surface area contributed by atoms with E-state index in [1.165, 1.54) is 5.56 Å². The number of rotatable bonds is 8. The lowest BCUT2D eigenvalue weighted by Gasteiger charge is -2.07. The number of hydrogen-bond donors (Lipinski definition) is 0. The van der Waals surface area contributed by atoms with Crippen molar-refractivity contribution in [2.75, 3.05) is 13.7 Å². The van der Waals surface area contributed by atoms with Crippen molar-refractivity contribution in [3.05, 3.63) is 53.9 Å². The minimum Gasteiger partial charge on any atom is -0.497 e. The van der Waals surface area contributed by atoms with Crippen molar-refractivity contribution in [1.29, 1.82) is 0 Å². The molecule has 4 heteroatoms. The summed E-state index contributed by atoms with van der Waals surface area (Å²) in [5.74, 6) is 2.15. The molecule has 0 saturated heterocycles. The summed E-state index contributed by atoms with van der Waals surface area (Å²) in [5, 5.41) is 0. The van der Waals surface area contributed by atoms with Gasteiger partial charge in [-0.3, -0.25) is 4.98 Å². The van der Waals surface area contributed by atoms with Crippen LogP contribution in [0.1, 0.15) is 24.1 Å². The van der Waals surface area contributed by atoms with Crippen LogP contribution in [0.15, 0.2) is 42.6 Å². The SMILES string of the molecule is COc1ccc(CCCCOc2ccnc(CCl)c2)cc1. The van der Waals surface area contributed by atoms with Crippen molar-refractivity contribution in [1.82, 2.24) is 4.98 Å². The lowest BCUT2D eigenvalue weighted by atomic mass is 10.1. The quantitative estimate of drug-likeness (QED) is 0.540. The van der Waals surface area contributed by atoms with Gasteiger partial charge in [0.1, 0.15) is 11.5 Å². The first-order chi connectivity index (χ1) is 10.3. The van der Waals surface area contributed by atoms with E-state index in [4.69, 9.17) is 21.1 Å². The van der Waals surface area contributed by atoms with Gasteiger partial charge in [-0.1, -0.05) is 12.1 Å². The van der Waals surface area contributed by atoms with Gasteiger partial charge in [-0.15, -0.1) is 11.6 Å². The normalized spacial score (nSPS) is 10.4. The lowest BCUT2D eigenvalue weighted by Crippen LogP contribution is -1.99. The van der Waals surface area contributed by atoms with Crippen LogP contribution in [0, 0.1) is 0 Å². The van der Waals surface area contributed by atoms with Gasteiger partial charge >= 0.3 is 0 Å². The molecule has 1 heterocycles. The van der Waals surface area contributed by atoms with Crippen LogP contribution in [-0.4, -0.2) is 18.7 Å². The van der Waals surface area contributed by atoms with Crippen LogP contribution in [0.4, 0.5) is 0 Å². The van der Waals surface area contributed by atoms with Gasteiger partial charge in [0.25, 0.3) is 0 Å². The Kier molecular flexibility index (Phi) is 6.35. The van der Waals surface area contributed by atoms with Crippen molar-refractivity contribution in [3.8, 4) is 11.5 Å². The Morgan fingerprint density at radius 2 is 1.86 bits per heavy atom. The lowest BCUT2D eigenvalue weighted by molar-refractivity contribution is 0.306. The third-order valence-corrected chi connectivity index (χ3v) is 3.49. The van der Waals surface area contributed by atoms with Crippen molar-refractivity contribution in [2.24, 2.45) is 0 Å². The molecule has 0 radical (unpaired) electrons. The van der Waals surface area contributed by atoms with Gasteiger partial charge in [0.2, 0.25) is 0 Å². The van der Waals surface area contributed by atoms with Crippen molar-refractivity contribution in [3.63, 3.8) is 0 Å². The van der Waals surface area contributed by atoms with Crippen LogP contribution in [0.5, 0.6) is 11.5 Å². The molecule has 0 spiro atoms. The summed E-state index contributed by atoms with van der Waals surface area (Å²) in [7, 11) is 1.68. The molecule has 0 aliphatic carbocycles. The number of aromatic nitrogens is 1. The van der Waals surface area contributed by atoms with E-state index in [1.54, 1.807) is 13.3 Å². The van der Waals surface area contributed by atoms with Crippen LogP contribution in [-0.2, 0) is 12.3 Å². The molecule has 2 aromatic rings. The molecule has 0 saturated carbocycles. The van der Waals surface area contributed by atoms with E-state index in [0.29, 0.717) is 12.5 Å². The van der Waals surface area contributed by atoms with Crippen LogP contribution < -0.4 is 9.47 Å². The maximum absolute atomic E-state index is 5.75. The number of pyridine rings is 1. The number of ether oxygens (including phenoxy) is 2. The van der Waals surface area contributed by atoms with Crippen LogP contribution in [0.3, 0.4) is 0 Å². The van der Waals surface area contributed by atoms with Crippen LogP contribution in [0.25, 0.3) is 0 Å². The molecular weight excluding hydrogens is 286 g/mol. The highest BCUT2D eigenvalue weighted by Gasteiger charge is 1.98. The molecule has 0 atom stereocenters. The predicted octanol–water partition coefficient (Wildman–Crippen LogP) is 4.23. The molecule has 2 rings (SSSR count). The highest BCUT2D eigenvalue weighted by molar-refractivity contribution is 6.16. The minimum atomic E-state index is 0.411. The molecule has 3 nitrogen and oxygen atoms in total. The fraction of sp³-hybridized carbons (Fsp3) is 0.353. The largest absolute Gasteiger partial charge is 0.497 e. The van der Waals surface area contributed by atoms with E-state index in [-0.39, 0.29) is 0 Å². The smallest absolute Gasteiger partial charge is 0.122 e. The Morgan fingerprint density at radius 3 is 2.57 bits per heavy atom. The topological polar surface area (TPSA) is 31.4 Å². The van der Waals surface area contributed by atoms with Gasteiger partial charge in [0.05, 0.1) is 25.3 Å². The van der Waals surface area contributed by atoms with Gasteiger partial charge in [-0.05, 0) is 43.0 Å². The Bertz CT molecular complexity index is 543. The second-order valence-electron chi connectivity index (χ2n) is 4.77. The van der Waals surface area contributed by atoms with Gasteiger partial charge in [-0.2, -0.15) is 0 Å². The molecule has 0 N–H and O–H groups in total. The molecule has 0 aliphatic heterocycles. The van der Waals surface area contributed by atoms with E-state index in [9.17, 15) is 0 Å². The third kappa shape index (κ3) is 5.27. The maximum atomic E-state index is 5.75. The number of hydrogen-bond acceptors (Lipinski definition) is 3. The first-order valence-electron chi connectivity index (χ1n) is 7.08. The number of methoxy groups -OCH3 is 1. The number of unbranched alkanes of at least 4 members (excludes halogenated alkanes) is 1. The van der Waals surface area contributed by atoms with E-state index in [2.05, 4.69) is 17.1 Å². The van der Waals surface area contributed by atoms with E-state index < -0.39 is 0 Å². The van der Waals surface area contributed by atoms with Gasteiger partial charge < -0.3 is 9.47 Å². The number of nitrogens with zero attached hydrogens (tertiary/aromatic N) is 1. The fourth-order valence-electron chi connectivity index (χ4n) is 2.03. The van der Waals surface area contributed by atoms with E-state index in [1.807, 2.05) is 24.3 Å². The summed E-state index contributed by atoms with van der Waals surface area (Å²) in [6.07, 6.45) is 4.89. The average molecular weight is 306 g/mol. The number of alkyl halides is 1. The van der Waals surface area contributed by atoms with Crippen molar-refractivity contribution < 1.29 is 9.47 Å². The monoisotopic (exact) mass is 305 g/mol. The zero-order chi connectivity index (χ0) is 14.9. The minimum absolute atomic E-state index is 0.411. The number of halogens is 1. The third-order valence-electron chi connectivity index (χ3n) is 3.21.